The maximum Gasteiger partial charge on any atom is 0.244 e. The van der Waals surface area contributed by atoms with E-state index in [1.165, 1.54) is 0 Å². The lowest BCUT2D eigenvalue weighted by Crippen LogP contribution is -2.33. The van der Waals surface area contributed by atoms with E-state index in [-0.39, 0.29) is 11.9 Å². The van der Waals surface area contributed by atoms with Gasteiger partial charge in [0.05, 0.1) is 0 Å². The summed E-state index contributed by atoms with van der Waals surface area (Å²) in [7, 11) is 0. The van der Waals surface area contributed by atoms with Gasteiger partial charge in [-0.2, -0.15) is 10.1 Å². The van der Waals surface area contributed by atoms with Crippen molar-refractivity contribution in [1.29, 1.82) is 0 Å². The van der Waals surface area contributed by atoms with Gasteiger partial charge in [0.1, 0.15) is 6.04 Å². The molecule has 0 aliphatic carbocycles. The number of benzene rings is 1. The highest BCUT2D eigenvalue weighted by Crippen LogP contribution is 2.18. The van der Waals surface area contributed by atoms with E-state index < -0.39 is 0 Å². The van der Waals surface area contributed by atoms with Crippen LogP contribution >= 0.6 is 11.6 Å². The first kappa shape index (κ1) is 17.2. The summed E-state index contributed by atoms with van der Waals surface area (Å²) in [4.78, 5) is 16.6. The number of hydrogen-bond donors (Lipinski definition) is 1. The van der Waals surface area contributed by atoms with E-state index in [1.807, 2.05) is 19.1 Å². The Labute approximate surface area is 150 Å². The van der Waals surface area contributed by atoms with Crippen LogP contribution in [0.5, 0.6) is 0 Å². The van der Waals surface area contributed by atoms with Crippen molar-refractivity contribution in [3.8, 4) is 11.4 Å². The summed E-state index contributed by atoms with van der Waals surface area (Å²) in [5.74, 6) is 0.891. The fourth-order valence-corrected chi connectivity index (χ4v) is 2.57. The molecule has 1 unspecified atom stereocenters. The number of aromatic nitrogens is 4. The Morgan fingerprint density at radius 2 is 2.16 bits per heavy atom. The number of carbonyl (C=O) groups excluding carboxylic acids is 1. The topological polar surface area (TPSA) is 85.8 Å². The lowest BCUT2D eigenvalue weighted by Gasteiger charge is -2.14. The van der Waals surface area contributed by atoms with Crippen molar-refractivity contribution >= 4 is 17.5 Å². The molecule has 0 saturated carbocycles. The number of carbonyl (C=O) groups is 1. The van der Waals surface area contributed by atoms with Gasteiger partial charge < -0.3 is 9.84 Å². The fraction of sp³-hybridized carbons (Fsp3) is 0.294. The van der Waals surface area contributed by atoms with E-state index in [1.54, 1.807) is 35.3 Å². The van der Waals surface area contributed by atoms with Crippen LogP contribution in [0.1, 0.15) is 25.3 Å². The SMILES string of the molecule is CCC(C(=O)NCCc1nc(-c2ccc(Cl)cc2)no1)n1cccn1. The minimum Gasteiger partial charge on any atom is -0.354 e. The van der Waals surface area contributed by atoms with Crippen molar-refractivity contribution < 1.29 is 9.32 Å². The quantitative estimate of drug-likeness (QED) is 0.701. The number of amides is 1. The molecule has 3 aromatic rings. The van der Waals surface area contributed by atoms with Gasteiger partial charge in [-0.15, -0.1) is 0 Å². The molecule has 1 N–H and O–H groups in total. The minimum atomic E-state index is -0.317. The van der Waals surface area contributed by atoms with E-state index in [9.17, 15) is 4.79 Å². The average molecular weight is 360 g/mol. The predicted molar refractivity (Wildman–Crippen MR) is 93.0 cm³/mol. The third-order valence-electron chi connectivity index (χ3n) is 3.74. The standard InChI is InChI=1S/C17H18ClN5O2/c1-2-14(23-11-3-9-20-23)17(24)19-10-8-15-21-16(22-25-15)12-4-6-13(18)7-5-12/h3-7,9,11,14H,2,8,10H2,1H3,(H,19,24). The lowest BCUT2D eigenvalue weighted by molar-refractivity contribution is -0.124. The van der Waals surface area contributed by atoms with Gasteiger partial charge in [-0.05, 0) is 36.8 Å². The molecule has 0 saturated heterocycles. The summed E-state index contributed by atoms with van der Waals surface area (Å²) in [5, 5.41) is 11.6. The summed E-state index contributed by atoms with van der Waals surface area (Å²) in [5.41, 5.74) is 0.827. The summed E-state index contributed by atoms with van der Waals surface area (Å²) >= 11 is 5.87. The van der Waals surface area contributed by atoms with Crippen LogP contribution in [-0.4, -0.2) is 32.4 Å². The zero-order chi connectivity index (χ0) is 17.6. The van der Waals surface area contributed by atoms with Crippen molar-refractivity contribution in [2.75, 3.05) is 6.54 Å². The zero-order valence-electron chi connectivity index (χ0n) is 13.7. The first-order valence-electron chi connectivity index (χ1n) is 8.02. The van der Waals surface area contributed by atoms with Crippen LogP contribution in [0.4, 0.5) is 0 Å². The van der Waals surface area contributed by atoms with Crippen molar-refractivity contribution in [1.82, 2.24) is 25.2 Å². The lowest BCUT2D eigenvalue weighted by atomic mass is 10.2. The molecule has 7 nitrogen and oxygen atoms in total. The highest BCUT2D eigenvalue weighted by molar-refractivity contribution is 6.30. The van der Waals surface area contributed by atoms with Gasteiger partial charge in [-0.3, -0.25) is 9.48 Å². The third kappa shape index (κ3) is 4.24. The molecule has 0 fully saturated rings. The van der Waals surface area contributed by atoms with Crippen LogP contribution < -0.4 is 5.32 Å². The van der Waals surface area contributed by atoms with E-state index >= 15 is 0 Å². The van der Waals surface area contributed by atoms with Crippen molar-refractivity contribution in [3.05, 3.63) is 53.6 Å². The normalized spacial score (nSPS) is 12.1. The van der Waals surface area contributed by atoms with Gasteiger partial charge >= 0.3 is 0 Å². The second-order valence-electron chi connectivity index (χ2n) is 5.47. The minimum absolute atomic E-state index is 0.0800. The molecule has 2 heterocycles. The largest absolute Gasteiger partial charge is 0.354 e. The molecule has 25 heavy (non-hydrogen) atoms. The smallest absolute Gasteiger partial charge is 0.244 e. The summed E-state index contributed by atoms with van der Waals surface area (Å²) in [6.45, 7) is 2.36. The predicted octanol–water partition coefficient (Wildman–Crippen LogP) is 2.90. The number of rotatable bonds is 7. The molecule has 0 radical (unpaired) electrons. The fourth-order valence-electron chi connectivity index (χ4n) is 2.44. The molecule has 3 rings (SSSR count). The summed E-state index contributed by atoms with van der Waals surface area (Å²) in [6.07, 6.45) is 4.56. The van der Waals surface area contributed by atoms with Crippen LogP contribution in [0.2, 0.25) is 5.02 Å². The van der Waals surface area contributed by atoms with Crippen LogP contribution in [-0.2, 0) is 11.2 Å². The second-order valence-corrected chi connectivity index (χ2v) is 5.91. The maximum absolute atomic E-state index is 12.3. The molecular weight excluding hydrogens is 342 g/mol. The zero-order valence-corrected chi connectivity index (χ0v) is 14.5. The van der Waals surface area contributed by atoms with Crippen LogP contribution in [0.3, 0.4) is 0 Å². The van der Waals surface area contributed by atoms with E-state index in [0.717, 1.165) is 5.56 Å². The number of nitrogens with zero attached hydrogens (tertiary/aromatic N) is 4. The molecule has 2 aromatic heterocycles. The Morgan fingerprint density at radius 1 is 1.36 bits per heavy atom. The monoisotopic (exact) mass is 359 g/mol. The molecule has 1 amide bonds. The van der Waals surface area contributed by atoms with Crippen molar-refractivity contribution in [2.45, 2.75) is 25.8 Å². The van der Waals surface area contributed by atoms with Gasteiger partial charge in [-0.25, -0.2) is 0 Å². The van der Waals surface area contributed by atoms with Crippen LogP contribution in [0, 0.1) is 0 Å². The molecular formula is C17H18ClN5O2. The van der Waals surface area contributed by atoms with Crippen molar-refractivity contribution in [2.24, 2.45) is 0 Å². The van der Waals surface area contributed by atoms with E-state index in [2.05, 4.69) is 20.6 Å². The average Bonchev–Trinajstić information content (AvgIpc) is 3.28. The van der Waals surface area contributed by atoms with Gasteiger partial charge in [0.2, 0.25) is 17.6 Å². The summed E-state index contributed by atoms with van der Waals surface area (Å²) < 4.78 is 6.88. The summed E-state index contributed by atoms with van der Waals surface area (Å²) in [6, 6.07) is 8.68. The Bertz CT molecular complexity index is 814. The number of halogens is 1. The Kier molecular flexibility index (Phi) is 5.45. The van der Waals surface area contributed by atoms with Crippen LogP contribution in [0.15, 0.2) is 47.2 Å². The first-order valence-corrected chi connectivity index (χ1v) is 8.40. The molecule has 1 aromatic carbocycles. The van der Waals surface area contributed by atoms with Crippen LogP contribution in [0.25, 0.3) is 11.4 Å². The molecule has 0 aliphatic rings. The molecule has 0 spiro atoms. The van der Waals surface area contributed by atoms with Crippen molar-refractivity contribution in [3.63, 3.8) is 0 Å². The Balaban J connectivity index is 1.54. The number of nitrogens with one attached hydrogen (secondary N) is 1. The second kappa shape index (κ2) is 7.94. The third-order valence-corrected chi connectivity index (χ3v) is 3.99. The molecule has 130 valence electrons. The highest BCUT2D eigenvalue weighted by Gasteiger charge is 2.18. The van der Waals surface area contributed by atoms with Gasteiger partial charge in [0, 0.05) is 35.9 Å². The number of hydrogen-bond acceptors (Lipinski definition) is 5. The Hall–Kier alpha value is -2.67. The van der Waals surface area contributed by atoms with Gasteiger partial charge in [-0.1, -0.05) is 23.7 Å². The molecule has 1 atom stereocenters. The van der Waals surface area contributed by atoms with Gasteiger partial charge in [0.15, 0.2) is 0 Å². The van der Waals surface area contributed by atoms with Gasteiger partial charge in [0.25, 0.3) is 0 Å². The van der Waals surface area contributed by atoms with E-state index in [4.69, 9.17) is 16.1 Å². The molecule has 0 aliphatic heterocycles. The molecule has 0 bridgehead atoms. The highest BCUT2D eigenvalue weighted by atomic mass is 35.5. The van der Waals surface area contributed by atoms with E-state index in [0.29, 0.717) is 36.1 Å². The molecule has 8 heteroatoms. The first-order chi connectivity index (χ1) is 12.2. The maximum atomic E-state index is 12.3. The Morgan fingerprint density at radius 3 is 2.84 bits per heavy atom.